The number of carbonyl (C=O) groups excluding carboxylic acids is 1. The van der Waals surface area contributed by atoms with Crippen molar-refractivity contribution >= 4 is 11.8 Å². The predicted molar refractivity (Wildman–Crippen MR) is 70.8 cm³/mol. The molecule has 0 amide bonds. The second-order valence-electron chi connectivity index (χ2n) is 5.26. The number of aryl methyl sites for hydroxylation is 2. The minimum atomic E-state index is -1.22. The van der Waals surface area contributed by atoms with Crippen molar-refractivity contribution in [3.63, 3.8) is 0 Å². The van der Waals surface area contributed by atoms with Gasteiger partial charge >= 0.3 is 5.97 Å². The standard InChI is InChI=1S/C15H18O4/c1-8-7-9(2)11(12(19-4)10(8)3)13(16)15(5-6-15)14(17)18/h7H,5-6H2,1-4H3,(H,17,18). The zero-order valence-corrected chi connectivity index (χ0v) is 11.7. The van der Waals surface area contributed by atoms with Gasteiger partial charge in [-0.1, -0.05) is 6.07 Å². The minimum absolute atomic E-state index is 0.322. The summed E-state index contributed by atoms with van der Waals surface area (Å²) in [5.41, 5.74) is 1.89. The van der Waals surface area contributed by atoms with Crippen LogP contribution in [0.5, 0.6) is 5.75 Å². The Hall–Kier alpha value is -1.84. The molecule has 0 aromatic heterocycles. The van der Waals surface area contributed by atoms with Gasteiger partial charge < -0.3 is 9.84 Å². The van der Waals surface area contributed by atoms with E-state index in [0.717, 1.165) is 16.7 Å². The molecule has 1 aromatic carbocycles. The molecule has 0 atom stereocenters. The SMILES string of the molecule is COc1c(C)c(C)cc(C)c1C(=O)C1(C(=O)O)CC1. The highest BCUT2D eigenvalue weighted by Crippen LogP contribution is 2.50. The highest BCUT2D eigenvalue weighted by atomic mass is 16.5. The maximum absolute atomic E-state index is 12.6. The lowest BCUT2D eigenvalue weighted by molar-refractivity contribution is -0.141. The highest BCUT2D eigenvalue weighted by Gasteiger charge is 2.57. The summed E-state index contributed by atoms with van der Waals surface area (Å²) in [6.07, 6.45) is 0.827. The van der Waals surface area contributed by atoms with Gasteiger partial charge in [-0.25, -0.2) is 0 Å². The van der Waals surface area contributed by atoms with Crippen molar-refractivity contribution in [3.05, 3.63) is 28.3 Å². The van der Waals surface area contributed by atoms with E-state index < -0.39 is 11.4 Å². The molecular formula is C15H18O4. The Kier molecular flexibility index (Phi) is 3.12. The topological polar surface area (TPSA) is 63.6 Å². The summed E-state index contributed by atoms with van der Waals surface area (Å²) < 4.78 is 5.35. The normalized spacial score (nSPS) is 16.0. The fraction of sp³-hybridized carbons (Fsp3) is 0.467. The zero-order valence-electron chi connectivity index (χ0n) is 11.7. The van der Waals surface area contributed by atoms with Gasteiger partial charge in [0.25, 0.3) is 0 Å². The molecule has 2 rings (SSSR count). The van der Waals surface area contributed by atoms with Crippen LogP contribution in [0.2, 0.25) is 0 Å². The average molecular weight is 262 g/mol. The maximum Gasteiger partial charge on any atom is 0.317 e. The van der Waals surface area contributed by atoms with Crippen LogP contribution in [-0.2, 0) is 4.79 Å². The summed E-state index contributed by atoms with van der Waals surface area (Å²) in [6, 6.07) is 1.91. The third-order valence-electron chi connectivity index (χ3n) is 4.01. The van der Waals surface area contributed by atoms with Crippen LogP contribution in [-0.4, -0.2) is 24.0 Å². The number of aliphatic carboxylic acids is 1. The van der Waals surface area contributed by atoms with Crippen molar-refractivity contribution in [2.24, 2.45) is 5.41 Å². The highest BCUT2D eigenvalue weighted by molar-refractivity contribution is 6.16. The first-order valence-corrected chi connectivity index (χ1v) is 6.28. The predicted octanol–water partition coefficient (Wildman–Crippen LogP) is 2.67. The quantitative estimate of drug-likeness (QED) is 0.669. The fourth-order valence-electron chi connectivity index (χ4n) is 2.49. The van der Waals surface area contributed by atoms with E-state index in [1.54, 1.807) is 0 Å². The third-order valence-corrected chi connectivity index (χ3v) is 4.01. The van der Waals surface area contributed by atoms with Crippen LogP contribution < -0.4 is 4.74 Å². The molecule has 1 N–H and O–H groups in total. The van der Waals surface area contributed by atoms with Crippen molar-refractivity contribution < 1.29 is 19.4 Å². The number of benzene rings is 1. The Labute approximate surface area is 112 Å². The van der Waals surface area contributed by atoms with Crippen molar-refractivity contribution in [2.75, 3.05) is 7.11 Å². The van der Waals surface area contributed by atoms with Gasteiger partial charge in [-0.3, -0.25) is 9.59 Å². The second kappa shape index (κ2) is 4.37. The van der Waals surface area contributed by atoms with Gasteiger partial charge in [0, 0.05) is 0 Å². The van der Waals surface area contributed by atoms with Crippen molar-refractivity contribution in [1.29, 1.82) is 0 Å². The Morgan fingerprint density at radius 1 is 1.21 bits per heavy atom. The Morgan fingerprint density at radius 3 is 2.21 bits per heavy atom. The smallest absolute Gasteiger partial charge is 0.317 e. The number of hydrogen-bond acceptors (Lipinski definition) is 3. The maximum atomic E-state index is 12.6. The summed E-state index contributed by atoms with van der Waals surface area (Å²) in [5.74, 6) is -0.843. The van der Waals surface area contributed by atoms with Crippen molar-refractivity contribution in [1.82, 2.24) is 0 Å². The van der Waals surface area contributed by atoms with Crippen LogP contribution in [0.15, 0.2) is 6.07 Å². The van der Waals surface area contributed by atoms with E-state index in [9.17, 15) is 14.7 Å². The van der Waals surface area contributed by atoms with Crippen LogP contribution in [0.25, 0.3) is 0 Å². The molecule has 0 radical (unpaired) electrons. The Bertz CT molecular complexity index is 568. The molecule has 1 fully saturated rings. The summed E-state index contributed by atoms with van der Waals surface area (Å²) in [6.45, 7) is 5.65. The van der Waals surface area contributed by atoms with Gasteiger partial charge in [0.05, 0.1) is 12.7 Å². The molecule has 1 aromatic rings. The van der Waals surface area contributed by atoms with Gasteiger partial charge in [0.2, 0.25) is 0 Å². The lowest BCUT2D eigenvalue weighted by atomic mass is 9.88. The minimum Gasteiger partial charge on any atom is -0.496 e. The first-order chi connectivity index (χ1) is 8.85. The lowest BCUT2D eigenvalue weighted by Crippen LogP contribution is -2.27. The van der Waals surface area contributed by atoms with Crippen LogP contribution in [0.3, 0.4) is 0 Å². The Morgan fingerprint density at radius 2 is 1.79 bits per heavy atom. The Balaban J connectivity index is 2.60. The monoisotopic (exact) mass is 262 g/mol. The summed E-state index contributed by atoms with van der Waals surface area (Å²) >= 11 is 0. The number of rotatable bonds is 4. The molecule has 4 heteroatoms. The number of carboxylic acid groups (broad SMARTS) is 1. The molecule has 1 saturated carbocycles. The number of carbonyl (C=O) groups is 2. The molecule has 0 unspecified atom stereocenters. The molecular weight excluding hydrogens is 244 g/mol. The average Bonchev–Trinajstić information content (AvgIpc) is 3.13. The molecule has 0 aliphatic heterocycles. The second-order valence-corrected chi connectivity index (χ2v) is 5.26. The van der Waals surface area contributed by atoms with Gasteiger partial charge in [-0.05, 0) is 50.3 Å². The molecule has 0 spiro atoms. The number of ether oxygens (including phenoxy) is 1. The van der Waals surface area contributed by atoms with Crippen molar-refractivity contribution in [2.45, 2.75) is 33.6 Å². The van der Waals surface area contributed by atoms with E-state index in [-0.39, 0.29) is 5.78 Å². The molecule has 1 aliphatic rings. The fourth-order valence-corrected chi connectivity index (χ4v) is 2.49. The van der Waals surface area contributed by atoms with E-state index in [1.807, 2.05) is 26.8 Å². The van der Waals surface area contributed by atoms with E-state index in [0.29, 0.717) is 24.2 Å². The number of hydrogen-bond donors (Lipinski definition) is 1. The van der Waals surface area contributed by atoms with Crippen LogP contribution >= 0.6 is 0 Å². The van der Waals surface area contributed by atoms with Crippen molar-refractivity contribution in [3.8, 4) is 5.75 Å². The first-order valence-electron chi connectivity index (χ1n) is 6.28. The summed E-state index contributed by atoms with van der Waals surface area (Å²) in [4.78, 5) is 23.9. The summed E-state index contributed by atoms with van der Waals surface area (Å²) in [7, 11) is 1.51. The van der Waals surface area contributed by atoms with Gasteiger partial charge in [-0.2, -0.15) is 0 Å². The van der Waals surface area contributed by atoms with E-state index >= 15 is 0 Å². The molecule has 19 heavy (non-hydrogen) atoms. The van der Waals surface area contributed by atoms with E-state index in [1.165, 1.54) is 7.11 Å². The van der Waals surface area contributed by atoms with E-state index in [4.69, 9.17) is 4.74 Å². The third kappa shape index (κ3) is 1.91. The van der Waals surface area contributed by atoms with Gasteiger partial charge in [0.1, 0.15) is 11.2 Å². The first kappa shape index (κ1) is 13.6. The number of ketones is 1. The number of Topliss-reactive ketones (excluding diaryl/α,β-unsaturated/α-hetero) is 1. The number of methoxy groups -OCH3 is 1. The molecule has 0 heterocycles. The zero-order chi connectivity index (χ0) is 14.4. The lowest BCUT2D eigenvalue weighted by Gasteiger charge is -2.18. The van der Waals surface area contributed by atoms with Crippen LogP contribution in [0.1, 0.15) is 39.9 Å². The van der Waals surface area contributed by atoms with Gasteiger partial charge in [-0.15, -0.1) is 0 Å². The molecule has 102 valence electrons. The van der Waals surface area contributed by atoms with Crippen LogP contribution in [0, 0.1) is 26.2 Å². The summed E-state index contributed by atoms with van der Waals surface area (Å²) in [5, 5.41) is 9.25. The molecule has 0 bridgehead atoms. The molecule has 1 aliphatic carbocycles. The van der Waals surface area contributed by atoms with Gasteiger partial charge in [0.15, 0.2) is 5.78 Å². The molecule has 4 nitrogen and oxygen atoms in total. The molecule has 0 saturated heterocycles. The number of carboxylic acids is 1. The van der Waals surface area contributed by atoms with Crippen LogP contribution in [0.4, 0.5) is 0 Å². The largest absolute Gasteiger partial charge is 0.496 e. The van der Waals surface area contributed by atoms with E-state index in [2.05, 4.69) is 0 Å².